The maximum Gasteiger partial charge on any atom is 0.328 e. The first-order valence-corrected chi connectivity index (χ1v) is 6.97. The topological polar surface area (TPSA) is 78.9 Å². The third-order valence-electron chi connectivity index (χ3n) is 3.30. The molecule has 114 valence electrons. The van der Waals surface area contributed by atoms with Gasteiger partial charge in [-0.15, -0.1) is 0 Å². The molecule has 0 aliphatic carbocycles. The molecule has 0 N–H and O–H groups in total. The molecule has 1 atom stereocenters. The summed E-state index contributed by atoms with van der Waals surface area (Å²) in [5, 5.41) is 0. The van der Waals surface area contributed by atoms with Gasteiger partial charge in [0.15, 0.2) is 5.78 Å². The van der Waals surface area contributed by atoms with Gasteiger partial charge in [0.1, 0.15) is 5.60 Å². The minimum atomic E-state index is -1.56. The fourth-order valence-electron chi connectivity index (χ4n) is 2.20. The van der Waals surface area contributed by atoms with Gasteiger partial charge < -0.3 is 14.2 Å². The van der Waals surface area contributed by atoms with Crippen molar-refractivity contribution in [3.05, 3.63) is 0 Å². The third-order valence-corrected chi connectivity index (χ3v) is 3.30. The minimum Gasteiger partial charge on any atom is -0.465 e. The maximum absolute atomic E-state index is 12.5. The molecule has 1 aliphatic heterocycles. The molecule has 1 unspecified atom stereocenters. The van der Waals surface area contributed by atoms with Gasteiger partial charge in [-0.05, 0) is 40.0 Å². The maximum atomic E-state index is 12.5. The van der Waals surface area contributed by atoms with Crippen molar-refractivity contribution < 1.29 is 28.6 Å². The van der Waals surface area contributed by atoms with Gasteiger partial charge in [0.2, 0.25) is 5.92 Å². The Morgan fingerprint density at radius 1 is 1.10 bits per heavy atom. The molecule has 0 saturated carbocycles. The predicted octanol–water partition coefficient (Wildman–Crippen LogP) is 1.26. The van der Waals surface area contributed by atoms with Crippen LogP contribution in [-0.2, 0) is 28.6 Å². The summed E-state index contributed by atoms with van der Waals surface area (Å²) in [7, 11) is 0. The van der Waals surface area contributed by atoms with Crippen LogP contribution >= 0.6 is 0 Å². The smallest absolute Gasteiger partial charge is 0.328 e. The third kappa shape index (κ3) is 3.79. The lowest BCUT2D eigenvalue weighted by atomic mass is 9.84. The molecule has 0 radical (unpaired) electrons. The molecule has 1 aliphatic rings. The second-order valence-corrected chi connectivity index (χ2v) is 4.84. The van der Waals surface area contributed by atoms with Crippen molar-refractivity contribution >= 4 is 17.7 Å². The number of Topliss-reactive ketones (excluding diaryl/α,β-unsaturated/α-hetero) is 1. The van der Waals surface area contributed by atoms with Crippen molar-refractivity contribution in [2.24, 2.45) is 5.92 Å². The summed E-state index contributed by atoms with van der Waals surface area (Å²) in [6.07, 6.45) is 2.17. The highest BCUT2D eigenvalue weighted by atomic mass is 16.6. The van der Waals surface area contributed by atoms with E-state index in [0.717, 1.165) is 12.8 Å². The predicted molar refractivity (Wildman–Crippen MR) is 70.0 cm³/mol. The number of esters is 2. The molecular weight excluding hydrogens is 264 g/mol. The average Bonchev–Trinajstić information content (AvgIpc) is 2.40. The normalized spacial score (nSPS) is 22.4. The summed E-state index contributed by atoms with van der Waals surface area (Å²) in [4.78, 5) is 36.3. The highest BCUT2D eigenvalue weighted by Gasteiger charge is 2.47. The van der Waals surface area contributed by atoms with E-state index in [0.29, 0.717) is 13.0 Å². The van der Waals surface area contributed by atoms with Gasteiger partial charge in [0.25, 0.3) is 0 Å². The summed E-state index contributed by atoms with van der Waals surface area (Å²) < 4.78 is 15.1. The highest BCUT2D eigenvalue weighted by molar-refractivity contribution is 6.17. The quantitative estimate of drug-likeness (QED) is 0.540. The van der Waals surface area contributed by atoms with Gasteiger partial charge in [-0.3, -0.25) is 14.4 Å². The zero-order chi connectivity index (χ0) is 15.2. The van der Waals surface area contributed by atoms with Crippen LogP contribution in [0.25, 0.3) is 0 Å². The van der Waals surface area contributed by atoms with E-state index in [1.807, 2.05) is 0 Å². The number of hydrogen-bond donors (Lipinski definition) is 0. The first-order valence-electron chi connectivity index (χ1n) is 6.97. The molecule has 0 aromatic rings. The molecule has 1 heterocycles. The lowest BCUT2D eigenvalue weighted by molar-refractivity contribution is -0.172. The Morgan fingerprint density at radius 2 is 1.65 bits per heavy atom. The molecule has 0 aromatic heterocycles. The minimum absolute atomic E-state index is 0.0968. The van der Waals surface area contributed by atoms with Crippen LogP contribution in [0.3, 0.4) is 0 Å². The van der Waals surface area contributed by atoms with E-state index in [9.17, 15) is 14.4 Å². The molecule has 20 heavy (non-hydrogen) atoms. The molecule has 0 amide bonds. The van der Waals surface area contributed by atoms with Crippen LogP contribution in [0.2, 0.25) is 0 Å². The molecule has 6 nitrogen and oxygen atoms in total. The molecule has 0 spiro atoms. The number of ketones is 1. The Morgan fingerprint density at radius 3 is 2.05 bits per heavy atom. The first-order chi connectivity index (χ1) is 9.46. The van der Waals surface area contributed by atoms with Crippen LogP contribution in [-0.4, -0.2) is 43.1 Å². The fraction of sp³-hybridized carbons (Fsp3) is 0.786. The molecule has 0 bridgehead atoms. The first kappa shape index (κ1) is 16.6. The Kier molecular flexibility index (Phi) is 6.13. The SMILES string of the molecule is CCOC(=O)C(C(=O)OCC)C(=O)C1(C)CCCCO1. The number of rotatable bonds is 6. The Hall–Kier alpha value is -1.43. The van der Waals surface area contributed by atoms with Crippen molar-refractivity contribution in [3.63, 3.8) is 0 Å². The number of carbonyl (C=O) groups is 3. The van der Waals surface area contributed by atoms with E-state index in [1.165, 1.54) is 0 Å². The average molecular weight is 286 g/mol. The van der Waals surface area contributed by atoms with Gasteiger partial charge in [-0.1, -0.05) is 0 Å². The lowest BCUT2D eigenvalue weighted by Gasteiger charge is -2.33. The van der Waals surface area contributed by atoms with Crippen LogP contribution in [0, 0.1) is 5.92 Å². The monoisotopic (exact) mass is 286 g/mol. The lowest BCUT2D eigenvalue weighted by Crippen LogP contribution is -2.50. The van der Waals surface area contributed by atoms with Gasteiger partial charge in [-0.2, -0.15) is 0 Å². The second kappa shape index (κ2) is 7.38. The van der Waals surface area contributed by atoms with Crippen molar-refractivity contribution in [1.82, 2.24) is 0 Å². The van der Waals surface area contributed by atoms with E-state index in [2.05, 4.69) is 0 Å². The van der Waals surface area contributed by atoms with E-state index in [-0.39, 0.29) is 13.2 Å². The summed E-state index contributed by atoms with van der Waals surface area (Å²) in [5.41, 5.74) is -1.12. The van der Waals surface area contributed by atoms with Crippen LogP contribution in [0.5, 0.6) is 0 Å². The second-order valence-electron chi connectivity index (χ2n) is 4.84. The van der Waals surface area contributed by atoms with Crippen LogP contribution < -0.4 is 0 Å². The molecule has 1 saturated heterocycles. The van der Waals surface area contributed by atoms with Crippen LogP contribution in [0.1, 0.15) is 40.0 Å². The molecule has 1 fully saturated rings. The highest BCUT2D eigenvalue weighted by Crippen LogP contribution is 2.29. The molecular formula is C14H22O6. The van der Waals surface area contributed by atoms with Crippen molar-refractivity contribution in [2.75, 3.05) is 19.8 Å². The summed E-state index contributed by atoms with van der Waals surface area (Å²) >= 11 is 0. The number of ether oxygens (including phenoxy) is 3. The van der Waals surface area contributed by atoms with Crippen molar-refractivity contribution in [1.29, 1.82) is 0 Å². The van der Waals surface area contributed by atoms with Gasteiger partial charge >= 0.3 is 11.9 Å². The van der Waals surface area contributed by atoms with E-state index >= 15 is 0 Å². The van der Waals surface area contributed by atoms with Gasteiger partial charge in [-0.25, -0.2) is 0 Å². The summed E-state index contributed by atoms with van der Waals surface area (Å²) in [6, 6.07) is 0. The summed E-state index contributed by atoms with van der Waals surface area (Å²) in [5.74, 6) is -3.87. The largest absolute Gasteiger partial charge is 0.465 e. The van der Waals surface area contributed by atoms with Crippen molar-refractivity contribution in [2.45, 2.75) is 45.6 Å². The van der Waals surface area contributed by atoms with Gasteiger partial charge in [0.05, 0.1) is 13.2 Å². The van der Waals surface area contributed by atoms with Crippen molar-refractivity contribution in [3.8, 4) is 0 Å². The Balaban J connectivity index is 2.93. The number of carbonyl (C=O) groups excluding carboxylic acids is 3. The van der Waals surface area contributed by atoms with Crippen LogP contribution in [0.4, 0.5) is 0 Å². The van der Waals surface area contributed by atoms with Crippen LogP contribution in [0.15, 0.2) is 0 Å². The zero-order valence-corrected chi connectivity index (χ0v) is 12.3. The zero-order valence-electron chi connectivity index (χ0n) is 12.3. The fourth-order valence-corrected chi connectivity index (χ4v) is 2.20. The molecule has 0 aromatic carbocycles. The molecule has 1 rings (SSSR count). The Bertz CT molecular complexity index is 352. The Labute approximate surface area is 118 Å². The van der Waals surface area contributed by atoms with E-state index < -0.39 is 29.2 Å². The summed E-state index contributed by atoms with van der Waals surface area (Å²) in [6.45, 7) is 5.48. The van der Waals surface area contributed by atoms with E-state index in [1.54, 1.807) is 20.8 Å². The van der Waals surface area contributed by atoms with E-state index in [4.69, 9.17) is 14.2 Å². The number of hydrogen-bond acceptors (Lipinski definition) is 6. The van der Waals surface area contributed by atoms with Gasteiger partial charge in [0, 0.05) is 6.61 Å². The standard InChI is InChI=1S/C14H22O6/c1-4-18-12(16)10(13(17)19-5-2)11(15)14(3)8-6-7-9-20-14/h10H,4-9H2,1-3H3. The molecule has 6 heteroatoms.